The number of hydrogen-bond donors (Lipinski definition) is 1. The second kappa shape index (κ2) is 13.4. The van der Waals surface area contributed by atoms with Crippen molar-refractivity contribution in [3.8, 4) is 11.5 Å². The molecule has 0 spiro atoms. The lowest BCUT2D eigenvalue weighted by atomic mass is 9.94. The number of hydrogen-bond acceptors (Lipinski definition) is 7. The monoisotopic (exact) mass is 449 g/mol. The third-order valence-electron chi connectivity index (χ3n) is 6.84. The topological polar surface area (TPSA) is 57.6 Å². The highest BCUT2D eigenvalue weighted by Crippen LogP contribution is 2.29. The molecule has 0 aromatic heterocycles. The maximum Gasteiger partial charge on any atom is 0.161 e. The van der Waals surface area contributed by atoms with Crippen molar-refractivity contribution < 1.29 is 19.3 Å². The molecule has 7 heteroatoms. The summed E-state index contributed by atoms with van der Waals surface area (Å²) in [5.41, 5.74) is 1.22. The summed E-state index contributed by atoms with van der Waals surface area (Å²) in [6, 6.07) is 6.73. The zero-order valence-electron chi connectivity index (χ0n) is 20.3. The van der Waals surface area contributed by atoms with Crippen LogP contribution < -0.4 is 9.47 Å². The van der Waals surface area contributed by atoms with Crippen LogP contribution in [0, 0.1) is 0 Å². The second-order valence-corrected chi connectivity index (χ2v) is 9.29. The Kier molecular flexibility index (Phi) is 10.5. The van der Waals surface area contributed by atoms with Crippen molar-refractivity contribution in [3.05, 3.63) is 23.8 Å². The van der Waals surface area contributed by atoms with E-state index in [-0.39, 0.29) is 6.61 Å². The number of methoxy groups -OCH3 is 2. The number of piperazine rings is 1. The van der Waals surface area contributed by atoms with Gasteiger partial charge in [-0.3, -0.25) is 9.80 Å². The highest BCUT2D eigenvalue weighted by Gasteiger charge is 2.21. The van der Waals surface area contributed by atoms with Gasteiger partial charge in [0.25, 0.3) is 0 Å². The minimum atomic E-state index is -0.513. The Morgan fingerprint density at radius 3 is 2.44 bits per heavy atom. The van der Waals surface area contributed by atoms with E-state index in [1.54, 1.807) is 14.2 Å². The Balaban J connectivity index is 1.44. The van der Waals surface area contributed by atoms with E-state index in [0.29, 0.717) is 18.3 Å². The summed E-state index contributed by atoms with van der Waals surface area (Å²) in [5, 5.41) is 10.5. The summed E-state index contributed by atoms with van der Waals surface area (Å²) >= 11 is 0. The first-order valence-electron chi connectivity index (χ1n) is 12.2. The highest BCUT2D eigenvalue weighted by molar-refractivity contribution is 5.43. The van der Waals surface area contributed by atoms with E-state index in [0.717, 1.165) is 51.6 Å². The summed E-state index contributed by atoms with van der Waals surface area (Å²) in [7, 11) is 5.55. The van der Waals surface area contributed by atoms with Gasteiger partial charge in [-0.15, -0.1) is 0 Å². The van der Waals surface area contributed by atoms with Crippen LogP contribution in [0.1, 0.15) is 37.7 Å². The van der Waals surface area contributed by atoms with Gasteiger partial charge in [0.05, 0.1) is 13.7 Å². The van der Waals surface area contributed by atoms with Crippen molar-refractivity contribution >= 4 is 0 Å². The molecule has 1 aliphatic carbocycles. The van der Waals surface area contributed by atoms with Crippen LogP contribution in [-0.2, 0) is 11.3 Å². The molecule has 1 aromatic rings. The molecule has 0 bridgehead atoms. The zero-order chi connectivity index (χ0) is 22.8. The predicted molar refractivity (Wildman–Crippen MR) is 128 cm³/mol. The summed E-state index contributed by atoms with van der Waals surface area (Å²) < 4.78 is 16.7. The lowest BCUT2D eigenvalue weighted by Gasteiger charge is -2.34. The van der Waals surface area contributed by atoms with Gasteiger partial charge < -0.3 is 24.2 Å². The molecule has 1 aliphatic heterocycles. The molecule has 3 rings (SSSR count). The van der Waals surface area contributed by atoms with Gasteiger partial charge in [-0.1, -0.05) is 25.3 Å². The van der Waals surface area contributed by atoms with E-state index in [4.69, 9.17) is 14.2 Å². The third-order valence-corrected chi connectivity index (χ3v) is 6.84. The molecular weight excluding hydrogens is 406 g/mol. The molecule has 1 atom stereocenters. The lowest BCUT2D eigenvalue weighted by molar-refractivity contribution is 0.0553. The first-order chi connectivity index (χ1) is 15.6. The Hall–Kier alpha value is -1.38. The average Bonchev–Trinajstić information content (AvgIpc) is 2.83. The SMILES string of the molecule is COCCN1CCN(Cc2ccc(OC[C@@H](O)CN(C)C3CCCCC3)c(OC)c2)CC1. The van der Waals surface area contributed by atoms with Crippen molar-refractivity contribution in [2.24, 2.45) is 0 Å². The number of aliphatic hydroxyl groups excluding tert-OH is 1. The molecule has 0 radical (unpaired) electrons. The van der Waals surface area contributed by atoms with Crippen LogP contribution in [0.3, 0.4) is 0 Å². The van der Waals surface area contributed by atoms with Gasteiger partial charge in [0, 0.05) is 59.0 Å². The van der Waals surface area contributed by atoms with Crippen LogP contribution in [0.2, 0.25) is 0 Å². The van der Waals surface area contributed by atoms with E-state index in [1.165, 1.54) is 37.7 Å². The fraction of sp³-hybridized carbons (Fsp3) is 0.760. The molecule has 7 nitrogen and oxygen atoms in total. The molecule has 1 N–H and O–H groups in total. The Morgan fingerprint density at radius 1 is 1.03 bits per heavy atom. The molecule has 182 valence electrons. The van der Waals surface area contributed by atoms with Gasteiger partial charge in [0.15, 0.2) is 11.5 Å². The van der Waals surface area contributed by atoms with E-state index in [1.807, 2.05) is 6.07 Å². The molecule has 32 heavy (non-hydrogen) atoms. The number of ether oxygens (including phenoxy) is 3. The fourth-order valence-corrected chi connectivity index (χ4v) is 4.82. The first-order valence-corrected chi connectivity index (χ1v) is 12.2. The molecule has 0 unspecified atom stereocenters. The van der Waals surface area contributed by atoms with Gasteiger partial charge in [-0.05, 0) is 37.6 Å². The zero-order valence-corrected chi connectivity index (χ0v) is 20.3. The molecule has 1 saturated carbocycles. The third kappa shape index (κ3) is 7.89. The first kappa shape index (κ1) is 25.2. The minimum Gasteiger partial charge on any atom is -0.493 e. The predicted octanol–water partition coefficient (Wildman–Crippen LogP) is 2.46. The molecule has 1 saturated heterocycles. The van der Waals surface area contributed by atoms with Gasteiger partial charge in [0.1, 0.15) is 12.7 Å². The maximum absolute atomic E-state index is 10.5. The second-order valence-electron chi connectivity index (χ2n) is 9.29. The van der Waals surface area contributed by atoms with Crippen LogP contribution in [0.15, 0.2) is 18.2 Å². The highest BCUT2D eigenvalue weighted by atomic mass is 16.5. The van der Waals surface area contributed by atoms with Crippen molar-refractivity contribution in [1.29, 1.82) is 0 Å². The largest absolute Gasteiger partial charge is 0.493 e. The lowest BCUT2D eigenvalue weighted by Crippen LogP contribution is -2.46. The Labute approximate surface area is 194 Å². The molecule has 2 fully saturated rings. The maximum atomic E-state index is 10.5. The summed E-state index contributed by atoms with van der Waals surface area (Å²) in [5.74, 6) is 1.43. The van der Waals surface area contributed by atoms with E-state index in [2.05, 4.69) is 33.9 Å². The molecule has 1 heterocycles. The van der Waals surface area contributed by atoms with Crippen molar-refractivity contribution in [1.82, 2.24) is 14.7 Å². The van der Waals surface area contributed by atoms with Gasteiger partial charge in [-0.25, -0.2) is 0 Å². The fourth-order valence-electron chi connectivity index (χ4n) is 4.82. The number of nitrogens with zero attached hydrogens (tertiary/aromatic N) is 3. The quantitative estimate of drug-likeness (QED) is 0.526. The van der Waals surface area contributed by atoms with E-state index >= 15 is 0 Å². The number of benzene rings is 1. The number of likely N-dealkylation sites (N-methyl/N-ethyl adjacent to an activating group) is 1. The van der Waals surface area contributed by atoms with Crippen molar-refractivity contribution in [2.45, 2.75) is 50.8 Å². The molecule has 1 aromatic carbocycles. The summed E-state index contributed by atoms with van der Waals surface area (Å²) in [4.78, 5) is 7.22. The number of rotatable bonds is 12. The minimum absolute atomic E-state index is 0.274. The van der Waals surface area contributed by atoms with Crippen LogP contribution in [0.5, 0.6) is 11.5 Å². The van der Waals surface area contributed by atoms with E-state index < -0.39 is 6.10 Å². The summed E-state index contributed by atoms with van der Waals surface area (Å²) in [6.45, 7) is 7.90. The van der Waals surface area contributed by atoms with E-state index in [9.17, 15) is 5.11 Å². The van der Waals surface area contributed by atoms with Gasteiger partial charge in [0.2, 0.25) is 0 Å². The van der Waals surface area contributed by atoms with Gasteiger partial charge >= 0.3 is 0 Å². The van der Waals surface area contributed by atoms with Crippen molar-refractivity contribution in [3.63, 3.8) is 0 Å². The van der Waals surface area contributed by atoms with Crippen LogP contribution >= 0.6 is 0 Å². The molecule has 2 aliphatic rings. The van der Waals surface area contributed by atoms with Crippen molar-refractivity contribution in [2.75, 3.05) is 73.7 Å². The standard InChI is InChI=1S/C25H43N3O4/c1-26(22-7-5-4-6-8-22)19-23(29)20-32-24-10-9-21(17-25(24)31-3)18-28-13-11-27(12-14-28)15-16-30-2/h9-10,17,22-23,29H,4-8,11-16,18-20H2,1-3H3/t23-/m0/s1. The summed E-state index contributed by atoms with van der Waals surface area (Å²) in [6.07, 6.45) is 5.91. The Bertz CT molecular complexity index is 661. The Morgan fingerprint density at radius 2 is 1.75 bits per heavy atom. The van der Waals surface area contributed by atoms with Gasteiger partial charge in [-0.2, -0.15) is 0 Å². The van der Waals surface area contributed by atoms with Crippen LogP contribution in [0.4, 0.5) is 0 Å². The van der Waals surface area contributed by atoms with Crippen LogP contribution in [-0.4, -0.2) is 106 Å². The number of aliphatic hydroxyl groups is 1. The normalized spacial score (nSPS) is 19.9. The van der Waals surface area contributed by atoms with Crippen LogP contribution in [0.25, 0.3) is 0 Å². The molecular formula is C25H43N3O4. The average molecular weight is 450 g/mol. The smallest absolute Gasteiger partial charge is 0.161 e. The molecule has 0 amide bonds.